The van der Waals surface area contributed by atoms with Gasteiger partial charge in [-0.15, -0.1) is 0 Å². The lowest BCUT2D eigenvalue weighted by Gasteiger charge is -2.10. The Labute approximate surface area is 105 Å². The van der Waals surface area contributed by atoms with Crippen LogP contribution in [0.5, 0.6) is 0 Å². The number of benzene rings is 1. The van der Waals surface area contributed by atoms with Crippen LogP contribution in [0.3, 0.4) is 0 Å². The molecule has 100 valence electrons. The molecule has 1 rings (SSSR count). The molecule has 6 heteroatoms. The third kappa shape index (κ3) is 4.31. The molecule has 1 aromatic carbocycles. The van der Waals surface area contributed by atoms with Crippen molar-refractivity contribution in [1.82, 2.24) is 0 Å². The number of carboxylic acids is 1. The van der Waals surface area contributed by atoms with E-state index >= 15 is 0 Å². The van der Waals surface area contributed by atoms with Gasteiger partial charge in [-0.25, -0.2) is 9.18 Å². The molecule has 2 N–H and O–H groups in total. The highest BCUT2D eigenvalue weighted by molar-refractivity contribution is 5.94. The minimum absolute atomic E-state index is 0.0136. The molecular weight excluding hydrogens is 241 g/mol. The molecule has 0 amide bonds. The first-order valence-electron chi connectivity index (χ1n) is 5.49. The molecule has 0 aliphatic heterocycles. The zero-order chi connectivity index (χ0) is 13.4. The molecule has 0 saturated carbocycles. The van der Waals surface area contributed by atoms with Crippen molar-refractivity contribution in [2.24, 2.45) is 0 Å². The van der Waals surface area contributed by atoms with Crippen LogP contribution >= 0.6 is 0 Å². The van der Waals surface area contributed by atoms with Gasteiger partial charge in [-0.3, -0.25) is 0 Å². The van der Waals surface area contributed by atoms with E-state index in [1.54, 1.807) is 7.11 Å². The van der Waals surface area contributed by atoms with E-state index in [4.69, 9.17) is 14.6 Å². The van der Waals surface area contributed by atoms with Gasteiger partial charge in [0.2, 0.25) is 0 Å². The van der Waals surface area contributed by atoms with Gasteiger partial charge in [0, 0.05) is 13.7 Å². The second-order valence-corrected chi connectivity index (χ2v) is 3.50. The van der Waals surface area contributed by atoms with Crippen LogP contribution in [0.25, 0.3) is 0 Å². The van der Waals surface area contributed by atoms with Gasteiger partial charge in [-0.05, 0) is 12.1 Å². The Kier molecular flexibility index (Phi) is 6.10. The number of aromatic carboxylic acids is 1. The summed E-state index contributed by atoms with van der Waals surface area (Å²) in [6, 6.07) is 3.92. The van der Waals surface area contributed by atoms with Crippen molar-refractivity contribution in [3.8, 4) is 0 Å². The van der Waals surface area contributed by atoms with E-state index in [1.807, 2.05) is 0 Å². The SMILES string of the molecule is COCCOCCNc1c(F)cccc1C(=O)O. The summed E-state index contributed by atoms with van der Waals surface area (Å²) in [5.74, 6) is -1.76. The van der Waals surface area contributed by atoms with Crippen LogP contribution in [0.2, 0.25) is 0 Å². The summed E-state index contributed by atoms with van der Waals surface area (Å²) in [7, 11) is 1.57. The zero-order valence-electron chi connectivity index (χ0n) is 10.1. The Balaban J connectivity index is 2.48. The van der Waals surface area contributed by atoms with E-state index in [-0.39, 0.29) is 11.3 Å². The summed E-state index contributed by atoms with van der Waals surface area (Å²) >= 11 is 0. The first-order chi connectivity index (χ1) is 8.66. The molecule has 0 saturated heterocycles. The van der Waals surface area contributed by atoms with E-state index in [9.17, 15) is 9.18 Å². The maximum atomic E-state index is 13.5. The number of carbonyl (C=O) groups is 1. The summed E-state index contributed by atoms with van der Waals surface area (Å²) in [6.45, 7) is 1.60. The molecule has 1 aromatic rings. The predicted octanol–water partition coefficient (Wildman–Crippen LogP) is 1.60. The number of hydrogen-bond acceptors (Lipinski definition) is 4. The topological polar surface area (TPSA) is 67.8 Å². The minimum Gasteiger partial charge on any atom is -0.478 e. The summed E-state index contributed by atoms with van der Waals surface area (Å²) in [6.07, 6.45) is 0. The molecule has 0 atom stereocenters. The van der Waals surface area contributed by atoms with Crippen molar-refractivity contribution in [3.05, 3.63) is 29.6 Å². The zero-order valence-corrected chi connectivity index (χ0v) is 10.1. The number of methoxy groups -OCH3 is 1. The summed E-state index contributed by atoms with van der Waals surface area (Å²) < 4.78 is 23.4. The van der Waals surface area contributed by atoms with Crippen molar-refractivity contribution in [2.45, 2.75) is 0 Å². The van der Waals surface area contributed by atoms with E-state index in [0.717, 1.165) is 0 Å². The highest BCUT2D eigenvalue weighted by Crippen LogP contribution is 2.19. The lowest BCUT2D eigenvalue weighted by Crippen LogP contribution is -2.15. The molecule has 5 nitrogen and oxygen atoms in total. The number of para-hydroxylation sites is 1. The van der Waals surface area contributed by atoms with Crippen molar-refractivity contribution in [1.29, 1.82) is 0 Å². The van der Waals surface area contributed by atoms with E-state index in [2.05, 4.69) is 5.32 Å². The molecule has 0 aromatic heterocycles. The van der Waals surface area contributed by atoms with Crippen LogP contribution in [0, 0.1) is 5.82 Å². The number of hydrogen-bond donors (Lipinski definition) is 2. The highest BCUT2D eigenvalue weighted by atomic mass is 19.1. The second kappa shape index (κ2) is 7.62. The largest absolute Gasteiger partial charge is 0.478 e. The van der Waals surface area contributed by atoms with Gasteiger partial charge >= 0.3 is 5.97 Å². The van der Waals surface area contributed by atoms with Crippen LogP contribution in [-0.4, -0.2) is 44.6 Å². The normalized spacial score (nSPS) is 10.3. The van der Waals surface area contributed by atoms with Crippen LogP contribution in [0.15, 0.2) is 18.2 Å². The molecule has 0 spiro atoms. The smallest absolute Gasteiger partial charge is 0.337 e. The number of ether oxygens (including phenoxy) is 2. The molecule has 0 radical (unpaired) electrons. The number of carboxylic acid groups (broad SMARTS) is 1. The van der Waals surface area contributed by atoms with Gasteiger partial charge in [0.05, 0.1) is 31.1 Å². The fourth-order valence-corrected chi connectivity index (χ4v) is 1.37. The van der Waals surface area contributed by atoms with E-state index in [1.165, 1.54) is 18.2 Å². The Morgan fingerprint density at radius 2 is 2.17 bits per heavy atom. The molecular formula is C12H16FNO4. The minimum atomic E-state index is -1.17. The lowest BCUT2D eigenvalue weighted by atomic mass is 10.1. The number of nitrogens with one attached hydrogen (secondary N) is 1. The molecule has 0 bridgehead atoms. The Bertz CT molecular complexity index is 398. The molecule has 18 heavy (non-hydrogen) atoms. The maximum Gasteiger partial charge on any atom is 0.337 e. The standard InChI is InChI=1S/C12H16FNO4/c1-17-7-8-18-6-5-14-11-9(12(15)16)3-2-4-10(11)13/h2-4,14H,5-8H2,1H3,(H,15,16). The van der Waals surface area contributed by atoms with Gasteiger partial charge in [-0.1, -0.05) is 6.07 Å². The van der Waals surface area contributed by atoms with Crippen molar-refractivity contribution >= 4 is 11.7 Å². The van der Waals surface area contributed by atoms with Gasteiger partial charge in [-0.2, -0.15) is 0 Å². The summed E-state index contributed by atoms with van der Waals surface area (Å²) in [5.41, 5.74) is -0.104. The summed E-state index contributed by atoms with van der Waals surface area (Å²) in [5, 5.41) is 11.6. The molecule has 0 fully saturated rings. The lowest BCUT2D eigenvalue weighted by molar-refractivity contribution is 0.0696. The van der Waals surface area contributed by atoms with Crippen molar-refractivity contribution < 1.29 is 23.8 Å². The van der Waals surface area contributed by atoms with Gasteiger partial charge in [0.15, 0.2) is 0 Å². The highest BCUT2D eigenvalue weighted by Gasteiger charge is 2.13. The fraction of sp³-hybridized carbons (Fsp3) is 0.417. The Morgan fingerprint density at radius 3 is 2.83 bits per heavy atom. The second-order valence-electron chi connectivity index (χ2n) is 3.50. The number of rotatable bonds is 8. The fourth-order valence-electron chi connectivity index (χ4n) is 1.37. The Hall–Kier alpha value is -1.66. The first-order valence-corrected chi connectivity index (χ1v) is 5.49. The molecule has 0 aliphatic rings. The van der Waals surface area contributed by atoms with Crippen LogP contribution < -0.4 is 5.32 Å². The third-order valence-electron chi connectivity index (χ3n) is 2.22. The summed E-state index contributed by atoms with van der Waals surface area (Å²) in [4.78, 5) is 10.9. The molecule has 0 unspecified atom stereocenters. The molecule has 0 heterocycles. The van der Waals surface area contributed by atoms with Gasteiger partial charge in [0.25, 0.3) is 0 Å². The number of halogens is 1. The quantitative estimate of drug-likeness (QED) is 0.692. The average Bonchev–Trinajstić information content (AvgIpc) is 2.34. The van der Waals surface area contributed by atoms with Crippen molar-refractivity contribution in [3.63, 3.8) is 0 Å². The predicted molar refractivity (Wildman–Crippen MR) is 64.5 cm³/mol. The van der Waals surface area contributed by atoms with Gasteiger partial charge < -0.3 is 19.9 Å². The van der Waals surface area contributed by atoms with Crippen LogP contribution in [-0.2, 0) is 9.47 Å². The third-order valence-corrected chi connectivity index (χ3v) is 2.22. The van der Waals surface area contributed by atoms with E-state index in [0.29, 0.717) is 26.4 Å². The first kappa shape index (κ1) is 14.4. The number of anilines is 1. The Morgan fingerprint density at radius 1 is 1.39 bits per heavy atom. The van der Waals surface area contributed by atoms with Gasteiger partial charge in [0.1, 0.15) is 5.82 Å². The monoisotopic (exact) mass is 257 g/mol. The van der Waals surface area contributed by atoms with Crippen LogP contribution in [0.4, 0.5) is 10.1 Å². The molecule has 0 aliphatic carbocycles. The van der Waals surface area contributed by atoms with Crippen LogP contribution in [0.1, 0.15) is 10.4 Å². The van der Waals surface area contributed by atoms with E-state index < -0.39 is 11.8 Å². The average molecular weight is 257 g/mol. The maximum absolute atomic E-state index is 13.5. The van der Waals surface area contributed by atoms with Crippen molar-refractivity contribution in [2.75, 3.05) is 38.8 Å².